The Morgan fingerprint density at radius 3 is 2.61 bits per heavy atom. The summed E-state index contributed by atoms with van der Waals surface area (Å²) < 4.78 is 22.9. The zero-order valence-corrected chi connectivity index (χ0v) is 9.46. The van der Waals surface area contributed by atoms with Crippen molar-refractivity contribution in [3.8, 4) is 11.6 Å². The molecule has 0 radical (unpaired) electrons. The van der Waals surface area contributed by atoms with Crippen LogP contribution < -0.4 is 4.74 Å². The number of rotatable bonds is 3. The molecule has 0 bridgehead atoms. The van der Waals surface area contributed by atoms with Crippen LogP contribution in [0.2, 0.25) is 0 Å². The standard InChI is InChI=1S/C12H9FN2O3/c1-17-12(16)9-6-15-11(7-14-9)18-10-5-3-2-4-8(10)13/h2-7H,1H3. The Labute approximate surface area is 102 Å². The molecule has 0 unspecified atom stereocenters. The van der Waals surface area contributed by atoms with Crippen LogP contribution >= 0.6 is 0 Å². The molecule has 0 spiro atoms. The Bertz CT molecular complexity index is 558. The van der Waals surface area contributed by atoms with Crippen molar-refractivity contribution in [3.63, 3.8) is 0 Å². The van der Waals surface area contributed by atoms with Crippen LogP contribution in [0.4, 0.5) is 4.39 Å². The normalized spacial score (nSPS) is 9.89. The largest absolute Gasteiger partial charge is 0.464 e. The van der Waals surface area contributed by atoms with Crippen LogP contribution in [0.3, 0.4) is 0 Å². The minimum atomic E-state index is -0.597. The second-order valence-electron chi connectivity index (χ2n) is 3.26. The third kappa shape index (κ3) is 2.60. The van der Waals surface area contributed by atoms with Crippen molar-refractivity contribution in [2.24, 2.45) is 0 Å². The summed E-state index contributed by atoms with van der Waals surface area (Å²) in [7, 11) is 1.24. The molecule has 1 heterocycles. The summed E-state index contributed by atoms with van der Waals surface area (Å²) in [6, 6.07) is 5.92. The van der Waals surface area contributed by atoms with Crippen LogP contribution in [0.25, 0.3) is 0 Å². The van der Waals surface area contributed by atoms with E-state index in [0.717, 1.165) is 0 Å². The van der Waals surface area contributed by atoms with E-state index in [9.17, 15) is 9.18 Å². The van der Waals surface area contributed by atoms with Crippen molar-refractivity contribution in [2.75, 3.05) is 7.11 Å². The summed E-state index contributed by atoms with van der Waals surface area (Å²) in [5.74, 6) is -0.971. The smallest absolute Gasteiger partial charge is 0.358 e. The number of benzene rings is 1. The number of hydrogen-bond acceptors (Lipinski definition) is 5. The monoisotopic (exact) mass is 248 g/mol. The molecular weight excluding hydrogens is 239 g/mol. The van der Waals surface area contributed by atoms with E-state index in [0.29, 0.717) is 0 Å². The Hall–Kier alpha value is -2.50. The fraction of sp³-hybridized carbons (Fsp3) is 0.0833. The molecule has 1 aromatic carbocycles. The lowest BCUT2D eigenvalue weighted by Crippen LogP contribution is -2.05. The summed E-state index contributed by atoms with van der Waals surface area (Å²) in [5, 5.41) is 0. The van der Waals surface area contributed by atoms with Crippen LogP contribution in [-0.4, -0.2) is 23.0 Å². The number of halogens is 1. The van der Waals surface area contributed by atoms with E-state index in [1.807, 2.05) is 0 Å². The number of hydrogen-bond donors (Lipinski definition) is 0. The summed E-state index contributed by atoms with van der Waals surface area (Å²) in [4.78, 5) is 18.7. The highest BCUT2D eigenvalue weighted by atomic mass is 19.1. The van der Waals surface area contributed by atoms with Crippen molar-refractivity contribution in [1.29, 1.82) is 0 Å². The van der Waals surface area contributed by atoms with Gasteiger partial charge in [-0.2, -0.15) is 0 Å². The molecule has 0 N–H and O–H groups in total. The average molecular weight is 248 g/mol. The van der Waals surface area contributed by atoms with Gasteiger partial charge < -0.3 is 9.47 Å². The summed E-state index contributed by atoms with van der Waals surface area (Å²) >= 11 is 0. The Morgan fingerprint density at radius 2 is 2.00 bits per heavy atom. The molecule has 92 valence electrons. The summed E-state index contributed by atoms with van der Waals surface area (Å²) in [5.41, 5.74) is 0.0541. The minimum absolute atomic E-state index is 0.0395. The van der Waals surface area contributed by atoms with Crippen molar-refractivity contribution < 1.29 is 18.7 Å². The van der Waals surface area contributed by atoms with Gasteiger partial charge in [0.1, 0.15) is 0 Å². The third-order valence-electron chi connectivity index (χ3n) is 2.07. The lowest BCUT2D eigenvalue weighted by molar-refractivity contribution is 0.0593. The molecule has 1 aromatic heterocycles. The van der Waals surface area contributed by atoms with Gasteiger partial charge in [-0.3, -0.25) is 0 Å². The van der Waals surface area contributed by atoms with Crippen LogP contribution in [0, 0.1) is 5.82 Å². The zero-order valence-electron chi connectivity index (χ0n) is 9.46. The third-order valence-corrected chi connectivity index (χ3v) is 2.07. The second-order valence-corrected chi connectivity index (χ2v) is 3.26. The molecular formula is C12H9FN2O3. The fourth-order valence-electron chi connectivity index (χ4n) is 1.22. The van der Waals surface area contributed by atoms with E-state index in [1.165, 1.54) is 31.6 Å². The highest BCUT2D eigenvalue weighted by Gasteiger charge is 2.09. The van der Waals surface area contributed by atoms with Gasteiger partial charge in [-0.1, -0.05) is 12.1 Å². The first-order chi connectivity index (χ1) is 8.70. The quantitative estimate of drug-likeness (QED) is 0.779. The average Bonchev–Trinajstić information content (AvgIpc) is 2.41. The maximum Gasteiger partial charge on any atom is 0.358 e. The lowest BCUT2D eigenvalue weighted by Gasteiger charge is -2.05. The highest BCUT2D eigenvalue weighted by molar-refractivity contribution is 5.86. The van der Waals surface area contributed by atoms with E-state index in [2.05, 4.69) is 14.7 Å². The maximum absolute atomic E-state index is 13.3. The van der Waals surface area contributed by atoms with Gasteiger partial charge in [0.15, 0.2) is 17.3 Å². The van der Waals surface area contributed by atoms with Crippen molar-refractivity contribution >= 4 is 5.97 Å². The number of carbonyl (C=O) groups is 1. The number of methoxy groups -OCH3 is 1. The van der Waals surface area contributed by atoms with Gasteiger partial charge in [0.25, 0.3) is 0 Å². The second kappa shape index (κ2) is 5.22. The van der Waals surface area contributed by atoms with Gasteiger partial charge in [0.2, 0.25) is 5.88 Å². The van der Waals surface area contributed by atoms with E-state index >= 15 is 0 Å². The molecule has 5 nitrogen and oxygen atoms in total. The molecule has 0 atom stereocenters. The van der Waals surface area contributed by atoms with Crippen molar-refractivity contribution in [3.05, 3.63) is 48.2 Å². The van der Waals surface area contributed by atoms with Crippen molar-refractivity contribution in [1.82, 2.24) is 9.97 Å². The number of esters is 1. The van der Waals surface area contributed by atoms with E-state index in [1.54, 1.807) is 12.1 Å². The van der Waals surface area contributed by atoms with Gasteiger partial charge in [-0.25, -0.2) is 19.2 Å². The molecule has 6 heteroatoms. The van der Waals surface area contributed by atoms with E-state index in [-0.39, 0.29) is 17.3 Å². The van der Waals surface area contributed by atoms with Gasteiger partial charge in [-0.05, 0) is 12.1 Å². The molecule has 0 saturated carbocycles. The maximum atomic E-state index is 13.3. The van der Waals surface area contributed by atoms with E-state index in [4.69, 9.17) is 4.74 Å². The number of nitrogens with zero attached hydrogens (tertiary/aromatic N) is 2. The van der Waals surface area contributed by atoms with Crippen LogP contribution in [0.1, 0.15) is 10.5 Å². The minimum Gasteiger partial charge on any atom is -0.464 e. The van der Waals surface area contributed by atoms with Gasteiger partial charge in [0.05, 0.1) is 19.5 Å². The molecule has 0 aliphatic rings. The molecule has 0 saturated heterocycles. The Kier molecular flexibility index (Phi) is 3.47. The van der Waals surface area contributed by atoms with Crippen LogP contribution in [0.5, 0.6) is 11.6 Å². The molecule has 0 amide bonds. The SMILES string of the molecule is COC(=O)c1cnc(Oc2ccccc2F)cn1. The fourth-order valence-corrected chi connectivity index (χ4v) is 1.22. The molecule has 0 aliphatic carbocycles. The molecule has 0 fully saturated rings. The Balaban J connectivity index is 2.16. The topological polar surface area (TPSA) is 61.3 Å². The van der Waals surface area contributed by atoms with Gasteiger partial charge in [-0.15, -0.1) is 0 Å². The van der Waals surface area contributed by atoms with Gasteiger partial charge >= 0.3 is 5.97 Å². The Morgan fingerprint density at radius 1 is 1.22 bits per heavy atom. The van der Waals surface area contributed by atoms with Crippen LogP contribution in [0.15, 0.2) is 36.7 Å². The van der Waals surface area contributed by atoms with Gasteiger partial charge in [0, 0.05) is 0 Å². The predicted molar refractivity (Wildman–Crippen MR) is 59.8 cm³/mol. The van der Waals surface area contributed by atoms with E-state index < -0.39 is 11.8 Å². The molecule has 0 aliphatic heterocycles. The van der Waals surface area contributed by atoms with Crippen LogP contribution in [-0.2, 0) is 4.74 Å². The number of aromatic nitrogens is 2. The molecule has 2 rings (SSSR count). The predicted octanol–water partition coefficient (Wildman–Crippen LogP) is 2.19. The first-order valence-electron chi connectivity index (χ1n) is 5.03. The number of carbonyl (C=O) groups excluding carboxylic acids is 1. The highest BCUT2D eigenvalue weighted by Crippen LogP contribution is 2.21. The molecule has 18 heavy (non-hydrogen) atoms. The lowest BCUT2D eigenvalue weighted by atomic mass is 10.3. The summed E-state index contributed by atoms with van der Waals surface area (Å²) in [6.07, 6.45) is 2.42. The summed E-state index contributed by atoms with van der Waals surface area (Å²) in [6.45, 7) is 0. The number of para-hydroxylation sites is 1. The molecule has 2 aromatic rings. The van der Waals surface area contributed by atoms with Crippen molar-refractivity contribution in [2.45, 2.75) is 0 Å². The zero-order chi connectivity index (χ0) is 13.0. The number of ether oxygens (including phenoxy) is 2. The first-order valence-corrected chi connectivity index (χ1v) is 5.03. The first kappa shape index (κ1) is 12.0.